The van der Waals surface area contributed by atoms with Gasteiger partial charge in [-0.2, -0.15) is 0 Å². The van der Waals surface area contributed by atoms with Gasteiger partial charge in [0.25, 0.3) is 0 Å². The van der Waals surface area contributed by atoms with Gasteiger partial charge in [-0.3, -0.25) is 0 Å². The monoisotopic (exact) mass is 289 g/mol. The molecular formula is C13H17Cl2NO2. The molecule has 0 spiro atoms. The van der Waals surface area contributed by atoms with Crippen molar-refractivity contribution in [1.82, 2.24) is 5.32 Å². The maximum Gasteiger partial charge on any atom is 0.138 e. The van der Waals surface area contributed by atoms with Gasteiger partial charge in [0, 0.05) is 24.6 Å². The first-order chi connectivity index (χ1) is 8.70. The van der Waals surface area contributed by atoms with Crippen molar-refractivity contribution in [2.75, 3.05) is 26.8 Å². The first-order valence-corrected chi connectivity index (χ1v) is 6.77. The van der Waals surface area contributed by atoms with Crippen molar-refractivity contribution < 1.29 is 9.47 Å². The number of ether oxygens (including phenoxy) is 2. The summed E-state index contributed by atoms with van der Waals surface area (Å²) in [6.07, 6.45) is 1.11. The first-order valence-electron chi connectivity index (χ1n) is 6.02. The number of nitrogens with one attached hydrogen (secondary N) is 1. The second-order valence-electron chi connectivity index (χ2n) is 4.44. The van der Waals surface area contributed by atoms with Crippen molar-refractivity contribution >= 4 is 23.2 Å². The molecule has 1 heterocycles. The van der Waals surface area contributed by atoms with Crippen LogP contribution in [0.2, 0.25) is 10.0 Å². The van der Waals surface area contributed by atoms with E-state index in [9.17, 15) is 0 Å². The summed E-state index contributed by atoms with van der Waals surface area (Å²) in [5.41, 5.74) is 0. The number of hydrogen-bond acceptors (Lipinski definition) is 3. The second-order valence-corrected chi connectivity index (χ2v) is 5.28. The van der Waals surface area contributed by atoms with Crippen LogP contribution in [-0.2, 0) is 4.74 Å². The molecule has 2 unspecified atom stereocenters. The van der Waals surface area contributed by atoms with Gasteiger partial charge < -0.3 is 14.8 Å². The SMILES string of the molecule is COCC(Oc1ccc(Cl)cc1Cl)C1CCNC1. The van der Waals surface area contributed by atoms with Gasteiger partial charge in [0.1, 0.15) is 11.9 Å². The molecule has 1 aliphatic heterocycles. The molecule has 1 saturated heterocycles. The average molecular weight is 290 g/mol. The van der Waals surface area contributed by atoms with E-state index in [1.807, 2.05) is 0 Å². The van der Waals surface area contributed by atoms with E-state index in [0.717, 1.165) is 19.5 Å². The maximum absolute atomic E-state index is 6.11. The Balaban J connectivity index is 2.07. The predicted molar refractivity (Wildman–Crippen MR) is 73.7 cm³/mol. The Labute approximate surface area is 117 Å². The number of rotatable bonds is 5. The fourth-order valence-corrected chi connectivity index (χ4v) is 2.61. The molecule has 0 aromatic heterocycles. The van der Waals surface area contributed by atoms with Crippen LogP contribution in [0.15, 0.2) is 18.2 Å². The Hall–Kier alpha value is -0.480. The van der Waals surface area contributed by atoms with E-state index in [1.54, 1.807) is 25.3 Å². The van der Waals surface area contributed by atoms with E-state index in [-0.39, 0.29) is 6.10 Å². The van der Waals surface area contributed by atoms with Crippen LogP contribution in [0.25, 0.3) is 0 Å². The van der Waals surface area contributed by atoms with Crippen LogP contribution in [0.5, 0.6) is 5.75 Å². The van der Waals surface area contributed by atoms with E-state index >= 15 is 0 Å². The number of methoxy groups -OCH3 is 1. The highest BCUT2D eigenvalue weighted by molar-refractivity contribution is 6.35. The highest BCUT2D eigenvalue weighted by atomic mass is 35.5. The molecule has 1 N–H and O–H groups in total. The molecule has 0 radical (unpaired) electrons. The van der Waals surface area contributed by atoms with E-state index in [2.05, 4.69) is 5.32 Å². The fraction of sp³-hybridized carbons (Fsp3) is 0.538. The zero-order valence-corrected chi connectivity index (χ0v) is 11.8. The van der Waals surface area contributed by atoms with Crippen LogP contribution in [-0.4, -0.2) is 32.9 Å². The normalized spacial score (nSPS) is 20.9. The van der Waals surface area contributed by atoms with Gasteiger partial charge in [-0.1, -0.05) is 23.2 Å². The van der Waals surface area contributed by atoms with Crippen molar-refractivity contribution in [2.45, 2.75) is 12.5 Å². The number of halogens is 2. The molecular weight excluding hydrogens is 273 g/mol. The molecule has 5 heteroatoms. The summed E-state index contributed by atoms with van der Waals surface area (Å²) in [6.45, 7) is 2.55. The summed E-state index contributed by atoms with van der Waals surface area (Å²) in [5, 5.41) is 4.48. The minimum atomic E-state index is 0.0173. The predicted octanol–water partition coefficient (Wildman–Crippen LogP) is 3.00. The summed E-state index contributed by atoms with van der Waals surface area (Å²) < 4.78 is 11.2. The van der Waals surface area contributed by atoms with Crippen LogP contribution in [0.3, 0.4) is 0 Å². The largest absolute Gasteiger partial charge is 0.486 e. The van der Waals surface area contributed by atoms with Crippen LogP contribution in [0.1, 0.15) is 6.42 Å². The Kier molecular flexibility index (Phi) is 5.13. The van der Waals surface area contributed by atoms with E-state index in [4.69, 9.17) is 32.7 Å². The van der Waals surface area contributed by atoms with Crippen LogP contribution in [0, 0.1) is 5.92 Å². The molecule has 18 heavy (non-hydrogen) atoms. The number of benzene rings is 1. The lowest BCUT2D eigenvalue weighted by atomic mass is 10.0. The molecule has 0 bridgehead atoms. The molecule has 1 aromatic rings. The van der Waals surface area contributed by atoms with Crippen molar-refractivity contribution in [3.05, 3.63) is 28.2 Å². The summed E-state index contributed by atoms with van der Waals surface area (Å²) in [4.78, 5) is 0. The van der Waals surface area contributed by atoms with Gasteiger partial charge in [0.2, 0.25) is 0 Å². The lowest BCUT2D eigenvalue weighted by molar-refractivity contribution is 0.0483. The van der Waals surface area contributed by atoms with E-state index in [1.165, 1.54) is 0 Å². The van der Waals surface area contributed by atoms with Crippen molar-refractivity contribution in [3.63, 3.8) is 0 Å². The van der Waals surface area contributed by atoms with E-state index < -0.39 is 0 Å². The molecule has 2 atom stereocenters. The standard InChI is InChI=1S/C13H17Cl2NO2/c1-17-8-13(9-4-5-16-7-9)18-12-3-2-10(14)6-11(12)15/h2-3,6,9,13,16H,4-5,7-8H2,1H3. The Morgan fingerprint density at radius 3 is 2.89 bits per heavy atom. The molecule has 0 aliphatic carbocycles. The minimum absolute atomic E-state index is 0.0173. The Morgan fingerprint density at radius 1 is 1.44 bits per heavy atom. The Bertz CT molecular complexity index is 395. The third-order valence-corrected chi connectivity index (χ3v) is 3.66. The molecule has 100 valence electrons. The zero-order valence-electron chi connectivity index (χ0n) is 10.3. The number of hydrogen-bond donors (Lipinski definition) is 1. The zero-order chi connectivity index (χ0) is 13.0. The van der Waals surface area contributed by atoms with Crippen LogP contribution >= 0.6 is 23.2 Å². The summed E-state index contributed by atoms with van der Waals surface area (Å²) in [6, 6.07) is 5.27. The quantitative estimate of drug-likeness (QED) is 0.904. The van der Waals surface area contributed by atoms with Gasteiger partial charge in [-0.05, 0) is 31.2 Å². The lowest BCUT2D eigenvalue weighted by Gasteiger charge is -2.24. The van der Waals surface area contributed by atoms with Crippen molar-refractivity contribution in [1.29, 1.82) is 0 Å². The van der Waals surface area contributed by atoms with Crippen LogP contribution in [0.4, 0.5) is 0 Å². The summed E-state index contributed by atoms with van der Waals surface area (Å²) >= 11 is 12.0. The third-order valence-electron chi connectivity index (χ3n) is 3.13. The van der Waals surface area contributed by atoms with Gasteiger partial charge in [-0.25, -0.2) is 0 Å². The molecule has 1 aromatic carbocycles. The molecule has 3 nitrogen and oxygen atoms in total. The van der Waals surface area contributed by atoms with Gasteiger partial charge >= 0.3 is 0 Å². The smallest absolute Gasteiger partial charge is 0.138 e. The topological polar surface area (TPSA) is 30.5 Å². The molecule has 0 amide bonds. The molecule has 2 rings (SSSR count). The summed E-state index contributed by atoms with van der Waals surface area (Å²) in [5.74, 6) is 1.12. The van der Waals surface area contributed by atoms with E-state index in [0.29, 0.717) is 28.3 Å². The molecule has 1 aliphatic rings. The highest BCUT2D eigenvalue weighted by Gasteiger charge is 2.27. The fourth-order valence-electron chi connectivity index (χ4n) is 2.16. The highest BCUT2D eigenvalue weighted by Crippen LogP contribution is 2.30. The van der Waals surface area contributed by atoms with Gasteiger partial charge in [0.05, 0.1) is 11.6 Å². The summed E-state index contributed by atoms with van der Waals surface area (Å²) in [7, 11) is 1.68. The third kappa shape index (κ3) is 3.51. The Morgan fingerprint density at radius 2 is 2.28 bits per heavy atom. The molecule has 0 saturated carbocycles. The average Bonchev–Trinajstić information content (AvgIpc) is 2.85. The first kappa shape index (κ1) is 13.9. The molecule has 1 fully saturated rings. The van der Waals surface area contributed by atoms with Gasteiger partial charge in [-0.15, -0.1) is 0 Å². The van der Waals surface area contributed by atoms with Crippen molar-refractivity contribution in [2.24, 2.45) is 5.92 Å². The lowest BCUT2D eigenvalue weighted by Crippen LogP contribution is -2.33. The second kappa shape index (κ2) is 6.62. The maximum atomic E-state index is 6.11. The van der Waals surface area contributed by atoms with Crippen LogP contribution < -0.4 is 10.1 Å². The minimum Gasteiger partial charge on any atom is -0.486 e. The van der Waals surface area contributed by atoms with Crippen molar-refractivity contribution in [3.8, 4) is 5.75 Å². The van der Waals surface area contributed by atoms with Gasteiger partial charge in [0.15, 0.2) is 0 Å².